The van der Waals surface area contributed by atoms with Gasteiger partial charge < -0.3 is 24.4 Å². The zero-order chi connectivity index (χ0) is 24.4. The highest BCUT2D eigenvalue weighted by atomic mass is 32.1. The third-order valence-electron chi connectivity index (χ3n) is 6.40. The number of fused-ring (bicyclic) bond motifs is 1. The number of methoxy groups -OCH3 is 1. The number of nitrogens with zero attached hydrogens (tertiary/aromatic N) is 2. The van der Waals surface area contributed by atoms with E-state index in [1.165, 1.54) is 0 Å². The van der Waals surface area contributed by atoms with Crippen LogP contribution in [0.1, 0.15) is 23.4 Å². The average Bonchev–Trinajstić information content (AvgIpc) is 3.52. The Balaban J connectivity index is 1.18. The maximum atomic E-state index is 13.1. The van der Waals surface area contributed by atoms with Crippen molar-refractivity contribution in [1.82, 2.24) is 9.88 Å². The highest BCUT2D eigenvalue weighted by Gasteiger charge is 2.28. The molecule has 5 rings (SSSR count). The molecule has 0 unspecified atom stereocenters. The zero-order valence-corrected chi connectivity index (χ0v) is 20.5. The van der Waals surface area contributed by atoms with E-state index in [1.807, 2.05) is 35.4 Å². The van der Waals surface area contributed by atoms with E-state index in [0.717, 1.165) is 21.8 Å². The van der Waals surface area contributed by atoms with Crippen molar-refractivity contribution in [2.24, 2.45) is 5.92 Å². The molecule has 3 heterocycles. The first-order valence-electron chi connectivity index (χ1n) is 11.6. The van der Waals surface area contributed by atoms with Crippen LogP contribution in [0.3, 0.4) is 0 Å². The van der Waals surface area contributed by atoms with Gasteiger partial charge in [0.25, 0.3) is 0 Å². The normalized spacial score (nSPS) is 15.2. The summed E-state index contributed by atoms with van der Waals surface area (Å²) in [4.78, 5) is 32.3. The predicted octanol–water partition coefficient (Wildman–Crippen LogP) is 4.28. The third-order valence-corrected chi connectivity index (χ3v) is 7.17. The number of benzene rings is 2. The van der Waals surface area contributed by atoms with Gasteiger partial charge >= 0.3 is 0 Å². The molecule has 0 atom stereocenters. The average molecular weight is 494 g/mol. The van der Waals surface area contributed by atoms with Gasteiger partial charge in [-0.05, 0) is 50.1 Å². The van der Waals surface area contributed by atoms with Crippen LogP contribution in [0.15, 0.2) is 41.8 Å². The van der Waals surface area contributed by atoms with Crippen molar-refractivity contribution in [2.45, 2.75) is 26.2 Å². The van der Waals surface area contributed by atoms with Crippen LogP contribution in [0, 0.1) is 12.8 Å². The molecule has 2 amide bonds. The fraction of sp³-hybridized carbons (Fsp3) is 0.346. The summed E-state index contributed by atoms with van der Waals surface area (Å²) in [6.45, 7) is 3.26. The first-order valence-corrected chi connectivity index (χ1v) is 12.5. The van der Waals surface area contributed by atoms with Crippen molar-refractivity contribution >= 4 is 28.8 Å². The Hall–Kier alpha value is -3.59. The molecule has 35 heavy (non-hydrogen) atoms. The number of amides is 2. The number of likely N-dealkylation sites (tertiary alicyclic amines) is 1. The molecule has 2 aliphatic heterocycles. The molecule has 0 spiro atoms. The molecule has 0 saturated carbocycles. The quantitative estimate of drug-likeness (QED) is 0.552. The second-order valence-corrected chi connectivity index (χ2v) is 9.73. The predicted molar refractivity (Wildman–Crippen MR) is 133 cm³/mol. The molecule has 1 saturated heterocycles. The van der Waals surface area contributed by atoms with Crippen molar-refractivity contribution in [2.75, 3.05) is 32.3 Å². The molecular formula is C26H27N3O5S. The van der Waals surface area contributed by atoms with Gasteiger partial charge in [-0.15, -0.1) is 11.3 Å². The third kappa shape index (κ3) is 5.09. The van der Waals surface area contributed by atoms with E-state index >= 15 is 0 Å². The maximum absolute atomic E-state index is 13.1. The minimum atomic E-state index is -0.143. The van der Waals surface area contributed by atoms with E-state index in [4.69, 9.17) is 14.2 Å². The molecule has 1 fully saturated rings. The monoisotopic (exact) mass is 493 g/mol. The second kappa shape index (κ2) is 9.95. The first-order chi connectivity index (χ1) is 17.0. The highest BCUT2D eigenvalue weighted by molar-refractivity contribution is 7.09. The number of hydrogen-bond acceptors (Lipinski definition) is 7. The SMILES string of the molecule is COc1ccc(-c2csc(C)n2)cc1CC(=O)N1CCC(C(=O)Nc2ccc3c(c2)OCO3)CC1. The Kier molecular flexibility index (Phi) is 6.59. The van der Waals surface area contributed by atoms with E-state index in [2.05, 4.69) is 10.3 Å². The van der Waals surface area contributed by atoms with Crippen LogP contribution in [-0.4, -0.2) is 48.7 Å². The van der Waals surface area contributed by atoms with Crippen LogP contribution in [-0.2, 0) is 16.0 Å². The van der Waals surface area contributed by atoms with Crippen LogP contribution in [0.25, 0.3) is 11.3 Å². The summed E-state index contributed by atoms with van der Waals surface area (Å²) in [6, 6.07) is 11.2. The molecule has 0 bridgehead atoms. The number of hydrogen-bond donors (Lipinski definition) is 1. The van der Waals surface area contributed by atoms with Crippen LogP contribution in [0.2, 0.25) is 0 Å². The number of piperidine rings is 1. The number of carbonyl (C=O) groups excluding carboxylic acids is 2. The summed E-state index contributed by atoms with van der Waals surface area (Å²) in [5, 5.41) is 5.98. The van der Waals surface area contributed by atoms with Crippen LogP contribution in [0.4, 0.5) is 5.69 Å². The Morgan fingerprint density at radius 1 is 1.14 bits per heavy atom. The molecule has 1 aromatic heterocycles. The summed E-state index contributed by atoms with van der Waals surface area (Å²) in [5.41, 5.74) is 3.39. The van der Waals surface area contributed by atoms with Gasteiger partial charge in [-0.1, -0.05) is 0 Å². The number of rotatable bonds is 6. The Labute approximate surface area is 207 Å². The number of thiazole rings is 1. The van der Waals surface area contributed by atoms with E-state index in [9.17, 15) is 9.59 Å². The number of anilines is 1. The first kappa shape index (κ1) is 23.2. The number of ether oxygens (including phenoxy) is 3. The number of carbonyl (C=O) groups is 2. The van der Waals surface area contributed by atoms with Gasteiger partial charge in [0.2, 0.25) is 18.6 Å². The minimum absolute atomic E-state index is 0.0320. The van der Waals surface area contributed by atoms with Gasteiger partial charge in [-0.2, -0.15) is 0 Å². The van der Waals surface area contributed by atoms with Gasteiger partial charge in [-0.25, -0.2) is 4.98 Å². The summed E-state index contributed by atoms with van der Waals surface area (Å²) in [5.74, 6) is 1.85. The van der Waals surface area contributed by atoms with Crippen LogP contribution in [0.5, 0.6) is 17.2 Å². The topological polar surface area (TPSA) is 90.0 Å². The van der Waals surface area contributed by atoms with E-state index < -0.39 is 0 Å². The fourth-order valence-electron chi connectivity index (χ4n) is 4.46. The molecule has 2 aliphatic rings. The highest BCUT2D eigenvalue weighted by Crippen LogP contribution is 2.34. The lowest BCUT2D eigenvalue weighted by atomic mass is 9.95. The number of aromatic nitrogens is 1. The lowest BCUT2D eigenvalue weighted by Gasteiger charge is -2.31. The fourth-order valence-corrected chi connectivity index (χ4v) is 5.08. The van der Waals surface area contributed by atoms with Crippen LogP contribution >= 0.6 is 11.3 Å². The molecule has 3 aromatic rings. The lowest BCUT2D eigenvalue weighted by molar-refractivity contribution is -0.133. The van der Waals surface area contributed by atoms with Gasteiger partial charge in [0.1, 0.15) is 5.75 Å². The second-order valence-electron chi connectivity index (χ2n) is 8.67. The standard InChI is InChI=1S/C26H27N3O5S/c1-16-27-21(14-35-16)18-3-5-22(32-2)19(11-18)12-25(30)29-9-7-17(8-10-29)26(31)28-20-4-6-23-24(13-20)34-15-33-23/h3-6,11,13-14,17H,7-10,12,15H2,1-2H3,(H,28,31). The maximum Gasteiger partial charge on any atom is 0.231 e. The summed E-state index contributed by atoms with van der Waals surface area (Å²) >= 11 is 1.60. The zero-order valence-electron chi connectivity index (χ0n) is 19.7. The molecular weight excluding hydrogens is 466 g/mol. The van der Waals surface area contributed by atoms with Crippen molar-refractivity contribution in [3.8, 4) is 28.5 Å². The van der Waals surface area contributed by atoms with E-state index in [-0.39, 0.29) is 30.9 Å². The summed E-state index contributed by atoms with van der Waals surface area (Å²) < 4.78 is 16.2. The van der Waals surface area contributed by atoms with Crippen molar-refractivity contribution in [3.05, 3.63) is 52.3 Å². The molecule has 2 aromatic carbocycles. The molecule has 0 aliphatic carbocycles. The molecule has 0 radical (unpaired) electrons. The van der Waals surface area contributed by atoms with Crippen LogP contribution < -0.4 is 19.5 Å². The molecule has 8 nitrogen and oxygen atoms in total. The Morgan fingerprint density at radius 2 is 1.94 bits per heavy atom. The van der Waals surface area contributed by atoms with Crippen molar-refractivity contribution < 1.29 is 23.8 Å². The molecule has 182 valence electrons. The molecule has 1 N–H and O–H groups in total. The Morgan fingerprint density at radius 3 is 2.69 bits per heavy atom. The van der Waals surface area contributed by atoms with Gasteiger partial charge in [0.05, 0.1) is 24.2 Å². The van der Waals surface area contributed by atoms with Crippen molar-refractivity contribution in [1.29, 1.82) is 0 Å². The lowest BCUT2D eigenvalue weighted by Crippen LogP contribution is -2.42. The van der Waals surface area contributed by atoms with E-state index in [1.54, 1.807) is 36.6 Å². The minimum Gasteiger partial charge on any atom is -0.496 e. The number of aryl methyl sites for hydroxylation is 1. The summed E-state index contributed by atoms with van der Waals surface area (Å²) in [6.07, 6.45) is 1.49. The number of nitrogens with one attached hydrogen (secondary N) is 1. The van der Waals surface area contributed by atoms with Gasteiger partial charge in [0.15, 0.2) is 11.5 Å². The Bertz CT molecular complexity index is 1250. The van der Waals surface area contributed by atoms with Gasteiger partial charge in [-0.3, -0.25) is 9.59 Å². The summed E-state index contributed by atoms with van der Waals surface area (Å²) in [7, 11) is 1.61. The van der Waals surface area contributed by atoms with Crippen molar-refractivity contribution in [3.63, 3.8) is 0 Å². The van der Waals surface area contributed by atoms with Gasteiger partial charge in [0, 0.05) is 47.3 Å². The van der Waals surface area contributed by atoms with E-state index in [0.29, 0.717) is 48.9 Å². The largest absolute Gasteiger partial charge is 0.496 e. The smallest absolute Gasteiger partial charge is 0.231 e. The molecule has 9 heteroatoms.